The van der Waals surface area contributed by atoms with Crippen LogP contribution in [0.4, 0.5) is 0 Å². The molecule has 1 aromatic carbocycles. The van der Waals surface area contributed by atoms with Gasteiger partial charge in [0.15, 0.2) is 4.34 Å². The number of nitrogens with zero attached hydrogens (tertiary/aromatic N) is 3. The van der Waals surface area contributed by atoms with E-state index in [9.17, 15) is 5.26 Å². The van der Waals surface area contributed by atoms with Crippen molar-refractivity contribution in [2.45, 2.75) is 22.7 Å². The number of nitrogens with one attached hydrogen (secondary N) is 1. The van der Waals surface area contributed by atoms with E-state index in [-0.39, 0.29) is 0 Å². The van der Waals surface area contributed by atoms with Gasteiger partial charge in [-0.15, -0.1) is 0 Å². The quantitative estimate of drug-likeness (QED) is 0.791. The molecular formula is C14H16N4OS2. The molecule has 1 aromatic heterocycles. The molecule has 0 unspecified atom stereocenters. The van der Waals surface area contributed by atoms with Crippen LogP contribution in [0.3, 0.4) is 0 Å². The Balaban J connectivity index is 2.04. The molecule has 0 amide bonds. The first-order valence-electron chi connectivity index (χ1n) is 6.43. The molecule has 1 N–H and O–H groups in total. The third kappa shape index (κ3) is 4.79. The summed E-state index contributed by atoms with van der Waals surface area (Å²) in [6, 6.07) is 8.15. The van der Waals surface area contributed by atoms with Crippen molar-refractivity contribution in [1.82, 2.24) is 14.7 Å². The van der Waals surface area contributed by atoms with Gasteiger partial charge in [-0.1, -0.05) is 17.8 Å². The Labute approximate surface area is 132 Å². The van der Waals surface area contributed by atoms with Crippen LogP contribution in [0.5, 0.6) is 0 Å². The molecule has 0 fully saturated rings. The van der Waals surface area contributed by atoms with Crippen molar-refractivity contribution >= 4 is 23.3 Å². The smallest absolute Gasteiger partial charge is 0.174 e. The summed E-state index contributed by atoms with van der Waals surface area (Å²) in [7, 11) is 1.68. The third-order valence-corrected chi connectivity index (χ3v) is 4.60. The molecule has 0 saturated heterocycles. The Morgan fingerprint density at radius 3 is 3.00 bits per heavy atom. The lowest BCUT2D eigenvalue weighted by Crippen LogP contribution is -2.18. The summed E-state index contributed by atoms with van der Waals surface area (Å²) >= 11 is 2.84. The van der Waals surface area contributed by atoms with Crippen molar-refractivity contribution in [3.05, 3.63) is 35.2 Å². The topological polar surface area (TPSA) is 70.8 Å². The summed E-state index contributed by atoms with van der Waals surface area (Å²) in [4.78, 5) is 5.22. The molecule has 0 aliphatic rings. The first-order valence-corrected chi connectivity index (χ1v) is 8.02. The van der Waals surface area contributed by atoms with E-state index < -0.39 is 0 Å². The molecule has 0 aliphatic carbocycles. The number of nitriles is 1. The van der Waals surface area contributed by atoms with Crippen molar-refractivity contribution in [2.75, 3.05) is 20.3 Å². The minimum atomic E-state index is 0.666. The molecule has 2 rings (SSSR count). The summed E-state index contributed by atoms with van der Waals surface area (Å²) in [5.41, 5.74) is 1.75. The lowest BCUT2D eigenvalue weighted by Gasteiger charge is -2.07. The lowest BCUT2D eigenvalue weighted by atomic mass is 10.1. The molecule has 7 heteroatoms. The molecule has 1 heterocycles. The van der Waals surface area contributed by atoms with Gasteiger partial charge in [0.2, 0.25) is 0 Å². The molecule has 0 saturated carbocycles. The number of hydrogen-bond acceptors (Lipinski definition) is 7. The third-order valence-electron chi connectivity index (χ3n) is 2.68. The number of rotatable bonds is 7. The van der Waals surface area contributed by atoms with Gasteiger partial charge in [-0.3, -0.25) is 0 Å². The van der Waals surface area contributed by atoms with Crippen LogP contribution >= 0.6 is 23.3 Å². The Hall–Kier alpha value is -1.46. The second kappa shape index (κ2) is 8.10. The van der Waals surface area contributed by atoms with Crippen LogP contribution in [0.2, 0.25) is 0 Å². The van der Waals surface area contributed by atoms with Gasteiger partial charge in [-0.2, -0.15) is 9.64 Å². The van der Waals surface area contributed by atoms with Crippen LogP contribution in [0.1, 0.15) is 17.0 Å². The van der Waals surface area contributed by atoms with E-state index in [1.807, 2.05) is 25.1 Å². The second-order valence-electron chi connectivity index (χ2n) is 4.32. The molecule has 110 valence electrons. The zero-order valence-electron chi connectivity index (χ0n) is 11.9. The van der Waals surface area contributed by atoms with Crippen LogP contribution in [0, 0.1) is 18.3 Å². The van der Waals surface area contributed by atoms with E-state index in [1.54, 1.807) is 7.11 Å². The average molecular weight is 320 g/mol. The molecule has 2 aromatic rings. The predicted molar refractivity (Wildman–Crippen MR) is 83.5 cm³/mol. The van der Waals surface area contributed by atoms with E-state index in [1.165, 1.54) is 23.3 Å². The number of aryl methyl sites for hydroxylation is 1. The fraction of sp³-hybridized carbons (Fsp3) is 0.357. The number of benzene rings is 1. The van der Waals surface area contributed by atoms with Crippen LogP contribution in [0.15, 0.2) is 27.4 Å². The van der Waals surface area contributed by atoms with E-state index in [2.05, 4.69) is 20.7 Å². The highest BCUT2D eigenvalue weighted by molar-refractivity contribution is 8.01. The number of methoxy groups -OCH3 is 1. The standard InChI is InChI=1S/C14H16N4OS2/c1-10-17-14(21-18-10)20-13-4-3-11(7-12(13)8-15)9-16-5-6-19-2/h3-4,7,16H,5-6,9H2,1-2H3. The first kappa shape index (κ1) is 15.9. The monoisotopic (exact) mass is 320 g/mol. The lowest BCUT2D eigenvalue weighted by molar-refractivity contribution is 0.199. The summed E-state index contributed by atoms with van der Waals surface area (Å²) in [5, 5.41) is 12.6. The Morgan fingerprint density at radius 1 is 1.48 bits per heavy atom. The van der Waals surface area contributed by atoms with E-state index in [0.29, 0.717) is 12.2 Å². The second-order valence-corrected chi connectivity index (χ2v) is 6.36. The number of aromatic nitrogens is 2. The summed E-state index contributed by atoms with van der Waals surface area (Å²) in [6.07, 6.45) is 0. The van der Waals surface area contributed by atoms with E-state index in [4.69, 9.17) is 4.74 Å². The van der Waals surface area contributed by atoms with E-state index >= 15 is 0 Å². The average Bonchev–Trinajstić information content (AvgIpc) is 2.90. The van der Waals surface area contributed by atoms with Crippen LogP contribution in [-0.2, 0) is 11.3 Å². The summed E-state index contributed by atoms with van der Waals surface area (Å²) in [5.74, 6) is 0.764. The first-order chi connectivity index (χ1) is 10.2. The molecule has 0 radical (unpaired) electrons. The molecule has 0 aliphatic heterocycles. The van der Waals surface area contributed by atoms with Crippen molar-refractivity contribution in [2.24, 2.45) is 0 Å². The summed E-state index contributed by atoms with van der Waals surface area (Å²) in [6.45, 7) is 4.05. The molecular weight excluding hydrogens is 304 g/mol. The van der Waals surface area contributed by atoms with Crippen LogP contribution < -0.4 is 5.32 Å². The molecule has 21 heavy (non-hydrogen) atoms. The fourth-order valence-electron chi connectivity index (χ4n) is 1.68. The van der Waals surface area contributed by atoms with Crippen molar-refractivity contribution < 1.29 is 4.74 Å². The van der Waals surface area contributed by atoms with Crippen LogP contribution in [-0.4, -0.2) is 29.6 Å². The largest absolute Gasteiger partial charge is 0.383 e. The van der Waals surface area contributed by atoms with Gasteiger partial charge in [0, 0.05) is 25.1 Å². The highest BCUT2D eigenvalue weighted by Crippen LogP contribution is 2.31. The van der Waals surface area contributed by atoms with Gasteiger partial charge in [0.25, 0.3) is 0 Å². The Kier molecular flexibility index (Phi) is 6.14. The summed E-state index contributed by atoms with van der Waals surface area (Å²) < 4.78 is 9.99. The maximum absolute atomic E-state index is 9.30. The van der Waals surface area contributed by atoms with Crippen LogP contribution in [0.25, 0.3) is 0 Å². The van der Waals surface area contributed by atoms with Gasteiger partial charge in [-0.25, -0.2) is 4.98 Å². The van der Waals surface area contributed by atoms with Crippen molar-refractivity contribution in [3.63, 3.8) is 0 Å². The Bertz CT molecular complexity index is 636. The number of hydrogen-bond donors (Lipinski definition) is 1. The predicted octanol–water partition coefficient (Wildman–Crippen LogP) is 2.61. The fourth-order valence-corrected chi connectivity index (χ4v) is 3.35. The highest BCUT2D eigenvalue weighted by atomic mass is 32.2. The minimum Gasteiger partial charge on any atom is -0.383 e. The zero-order chi connectivity index (χ0) is 15.1. The van der Waals surface area contributed by atoms with Gasteiger partial charge >= 0.3 is 0 Å². The van der Waals surface area contributed by atoms with Gasteiger partial charge in [0.1, 0.15) is 11.9 Å². The molecule has 0 spiro atoms. The van der Waals surface area contributed by atoms with Crippen molar-refractivity contribution in [3.8, 4) is 6.07 Å². The van der Waals surface area contributed by atoms with Gasteiger partial charge in [-0.05, 0) is 36.2 Å². The molecule has 0 bridgehead atoms. The minimum absolute atomic E-state index is 0.666. The maximum atomic E-state index is 9.30. The van der Waals surface area contributed by atoms with Gasteiger partial charge in [0.05, 0.1) is 12.2 Å². The van der Waals surface area contributed by atoms with Crippen molar-refractivity contribution in [1.29, 1.82) is 5.26 Å². The normalized spacial score (nSPS) is 10.5. The highest BCUT2D eigenvalue weighted by Gasteiger charge is 2.08. The SMILES string of the molecule is COCCNCc1ccc(Sc2nc(C)ns2)c(C#N)c1. The Morgan fingerprint density at radius 2 is 2.33 bits per heavy atom. The van der Waals surface area contributed by atoms with E-state index in [0.717, 1.165) is 33.7 Å². The zero-order valence-corrected chi connectivity index (χ0v) is 13.6. The van der Waals surface area contributed by atoms with Gasteiger partial charge < -0.3 is 10.1 Å². The molecule has 0 atom stereocenters. The number of ether oxygens (including phenoxy) is 1. The maximum Gasteiger partial charge on any atom is 0.174 e. The molecule has 5 nitrogen and oxygen atoms in total.